The maximum Gasteiger partial charge on any atom is 0.322 e. The van der Waals surface area contributed by atoms with Crippen LogP contribution in [0.5, 0.6) is 0 Å². The fourth-order valence-electron chi connectivity index (χ4n) is 1.58. The van der Waals surface area contributed by atoms with Gasteiger partial charge >= 0.3 is 6.03 Å². The number of nitrogens with one attached hydrogen (secondary N) is 1. The van der Waals surface area contributed by atoms with Gasteiger partial charge in [-0.1, -0.05) is 0 Å². The summed E-state index contributed by atoms with van der Waals surface area (Å²) < 4.78 is 0. The maximum atomic E-state index is 11.9. The van der Waals surface area contributed by atoms with Crippen LogP contribution in [0.1, 0.15) is 27.7 Å². The second-order valence-corrected chi connectivity index (χ2v) is 4.95. The van der Waals surface area contributed by atoms with Crippen molar-refractivity contribution in [3.8, 4) is 0 Å². The van der Waals surface area contributed by atoms with Gasteiger partial charge in [-0.25, -0.2) is 4.79 Å². The SMILES string of the molecule is CC(C)N(C(=O)Nc1cccs1)C(C)C. The highest BCUT2D eigenvalue weighted by atomic mass is 32.1. The standard InChI is InChI=1S/C11H18N2OS/c1-8(2)13(9(3)4)11(14)12-10-6-5-7-15-10/h5-9H,1-4H3,(H,12,14). The first kappa shape index (κ1) is 12.0. The number of amides is 2. The van der Waals surface area contributed by atoms with Gasteiger partial charge in [0.1, 0.15) is 0 Å². The smallest absolute Gasteiger partial charge is 0.320 e. The van der Waals surface area contributed by atoms with Gasteiger partial charge in [-0.3, -0.25) is 5.32 Å². The van der Waals surface area contributed by atoms with Crippen LogP contribution < -0.4 is 5.32 Å². The number of hydrogen-bond donors (Lipinski definition) is 1. The van der Waals surface area contributed by atoms with E-state index in [2.05, 4.69) is 5.32 Å². The van der Waals surface area contributed by atoms with E-state index in [0.717, 1.165) is 5.00 Å². The third-order valence-electron chi connectivity index (χ3n) is 2.10. The molecular weight excluding hydrogens is 208 g/mol. The zero-order chi connectivity index (χ0) is 11.4. The van der Waals surface area contributed by atoms with Crippen LogP contribution in [0.4, 0.5) is 9.80 Å². The van der Waals surface area contributed by atoms with Crippen LogP contribution in [-0.4, -0.2) is 23.0 Å². The van der Waals surface area contributed by atoms with Crippen molar-refractivity contribution in [2.45, 2.75) is 39.8 Å². The molecule has 1 aromatic heterocycles. The Bertz CT molecular complexity index is 298. The lowest BCUT2D eigenvalue weighted by Gasteiger charge is -2.30. The van der Waals surface area contributed by atoms with E-state index in [1.165, 1.54) is 11.3 Å². The molecule has 1 rings (SSSR count). The summed E-state index contributed by atoms with van der Waals surface area (Å²) in [6, 6.07) is 4.23. The Balaban J connectivity index is 2.65. The molecule has 0 aliphatic rings. The number of thiophene rings is 1. The molecule has 1 aromatic rings. The highest BCUT2D eigenvalue weighted by Gasteiger charge is 2.19. The highest BCUT2D eigenvalue weighted by Crippen LogP contribution is 2.17. The molecule has 0 bridgehead atoms. The summed E-state index contributed by atoms with van der Waals surface area (Å²) in [5, 5.41) is 5.73. The van der Waals surface area contributed by atoms with Crippen molar-refractivity contribution in [2.24, 2.45) is 0 Å². The number of nitrogens with zero attached hydrogens (tertiary/aromatic N) is 1. The molecule has 0 spiro atoms. The zero-order valence-corrected chi connectivity index (χ0v) is 10.5. The Kier molecular flexibility index (Phi) is 4.15. The summed E-state index contributed by atoms with van der Waals surface area (Å²) in [6.07, 6.45) is 0. The molecule has 15 heavy (non-hydrogen) atoms. The van der Waals surface area contributed by atoms with Crippen LogP contribution in [0.2, 0.25) is 0 Å². The first-order chi connectivity index (χ1) is 7.02. The predicted octanol–water partition coefficient (Wildman–Crippen LogP) is 3.40. The lowest BCUT2D eigenvalue weighted by molar-refractivity contribution is 0.178. The van der Waals surface area contributed by atoms with Gasteiger partial charge in [0.05, 0.1) is 5.00 Å². The lowest BCUT2D eigenvalue weighted by atomic mass is 10.2. The Morgan fingerprint density at radius 1 is 1.33 bits per heavy atom. The summed E-state index contributed by atoms with van der Waals surface area (Å²) >= 11 is 1.53. The molecule has 0 saturated heterocycles. The zero-order valence-electron chi connectivity index (χ0n) is 9.65. The number of urea groups is 1. The van der Waals surface area contributed by atoms with E-state index in [-0.39, 0.29) is 18.1 Å². The minimum Gasteiger partial charge on any atom is -0.320 e. The van der Waals surface area contributed by atoms with Crippen molar-refractivity contribution in [3.05, 3.63) is 17.5 Å². The Morgan fingerprint density at radius 2 is 1.93 bits per heavy atom. The van der Waals surface area contributed by atoms with Crippen LogP contribution >= 0.6 is 11.3 Å². The van der Waals surface area contributed by atoms with Crippen molar-refractivity contribution in [3.63, 3.8) is 0 Å². The van der Waals surface area contributed by atoms with E-state index in [9.17, 15) is 4.79 Å². The predicted molar refractivity (Wildman–Crippen MR) is 65.4 cm³/mol. The maximum absolute atomic E-state index is 11.9. The first-order valence-corrected chi connectivity index (χ1v) is 6.03. The summed E-state index contributed by atoms with van der Waals surface area (Å²) in [5.41, 5.74) is 0. The van der Waals surface area contributed by atoms with Gasteiger partial charge in [0.2, 0.25) is 0 Å². The molecule has 0 atom stereocenters. The second-order valence-electron chi connectivity index (χ2n) is 4.00. The third kappa shape index (κ3) is 3.23. The van der Waals surface area contributed by atoms with Crippen molar-refractivity contribution in [1.29, 1.82) is 0 Å². The molecule has 1 heterocycles. The number of carbonyl (C=O) groups excluding carboxylic acids is 1. The molecule has 0 aliphatic heterocycles. The third-order valence-corrected chi connectivity index (χ3v) is 2.88. The Morgan fingerprint density at radius 3 is 2.33 bits per heavy atom. The normalized spacial score (nSPS) is 10.8. The first-order valence-electron chi connectivity index (χ1n) is 5.15. The van der Waals surface area contributed by atoms with Crippen LogP contribution in [0, 0.1) is 0 Å². The Hall–Kier alpha value is -1.03. The van der Waals surface area contributed by atoms with Crippen LogP contribution in [0.25, 0.3) is 0 Å². The van der Waals surface area contributed by atoms with Gasteiger partial charge in [0, 0.05) is 12.1 Å². The molecule has 1 N–H and O–H groups in total. The summed E-state index contributed by atoms with van der Waals surface area (Å²) in [4.78, 5) is 13.7. The molecule has 3 nitrogen and oxygen atoms in total. The van der Waals surface area contributed by atoms with E-state index in [1.807, 2.05) is 50.1 Å². The molecule has 0 aliphatic carbocycles. The van der Waals surface area contributed by atoms with E-state index in [1.54, 1.807) is 0 Å². The lowest BCUT2D eigenvalue weighted by Crippen LogP contribution is -2.44. The summed E-state index contributed by atoms with van der Waals surface area (Å²) in [6.45, 7) is 8.09. The number of carbonyl (C=O) groups is 1. The average Bonchev–Trinajstić information content (AvgIpc) is 2.54. The van der Waals surface area contributed by atoms with E-state index in [0.29, 0.717) is 0 Å². The molecule has 0 aromatic carbocycles. The molecule has 84 valence electrons. The molecule has 0 fully saturated rings. The Labute approximate surface area is 95.1 Å². The number of anilines is 1. The average molecular weight is 226 g/mol. The highest BCUT2D eigenvalue weighted by molar-refractivity contribution is 7.14. The fourth-order valence-corrected chi connectivity index (χ4v) is 2.19. The largest absolute Gasteiger partial charge is 0.322 e. The quantitative estimate of drug-likeness (QED) is 0.841. The summed E-state index contributed by atoms with van der Waals surface area (Å²) in [7, 11) is 0. The van der Waals surface area contributed by atoms with Gasteiger partial charge < -0.3 is 4.90 Å². The summed E-state index contributed by atoms with van der Waals surface area (Å²) in [5.74, 6) is 0. The van der Waals surface area contributed by atoms with Crippen LogP contribution in [-0.2, 0) is 0 Å². The van der Waals surface area contributed by atoms with E-state index >= 15 is 0 Å². The van der Waals surface area contributed by atoms with Crippen LogP contribution in [0.15, 0.2) is 17.5 Å². The second kappa shape index (κ2) is 5.16. The van der Waals surface area contributed by atoms with Crippen molar-refractivity contribution in [2.75, 3.05) is 5.32 Å². The number of hydrogen-bond acceptors (Lipinski definition) is 2. The molecule has 4 heteroatoms. The van der Waals surface area contributed by atoms with Gasteiger partial charge in [0.15, 0.2) is 0 Å². The molecular formula is C11H18N2OS. The fraction of sp³-hybridized carbons (Fsp3) is 0.545. The molecule has 0 saturated carbocycles. The van der Waals surface area contributed by atoms with Gasteiger partial charge in [-0.15, -0.1) is 11.3 Å². The van der Waals surface area contributed by atoms with Gasteiger partial charge in [0.25, 0.3) is 0 Å². The minimum absolute atomic E-state index is 0.0255. The van der Waals surface area contributed by atoms with Crippen molar-refractivity contribution >= 4 is 22.4 Å². The molecule has 2 amide bonds. The molecule has 0 unspecified atom stereocenters. The monoisotopic (exact) mass is 226 g/mol. The van der Waals surface area contributed by atoms with Crippen molar-refractivity contribution < 1.29 is 4.79 Å². The van der Waals surface area contributed by atoms with Gasteiger partial charge in [-0.2, -0.15) is 0 Å². The van der Waals surface area contributed by atoms with Gasteiger partial charge in [-0.05, 0) is 45.2 Å². The minimum atomic E-state index is -0.0255. The van der Waals surface area contributed by atoms with E-state index < -0.39 is 0 Å². The topological polar surface area (TPSA) is 32.3 Å². The van der Waals surface area contributed by atoms with Crippen LogP contribution in [0.3, 0.4) is 0 Å². The molecule has 0 radical (unpaired) electrons. The number of rotatable bonds is 3. The van der Waals surface area contributed by atoms with E-state index in [4.69, 9.17) is 0 Å². The van der Waals surface area contributed by atoms with Crippen molar-refractivity contribution in [1.82, 2.24) is 4.90 Å².